The smallest absolute Gasteiger partial charge is 0.320 e. The summed E-state index contributed by atoms with van der Waals surface area (Å²) in [7, 11) is 2.03. The molecule has 2 aliphatic rings. The van der Waals surface area contributed by atoms with Gasteiger partial charge in [-0.2, -0.15) is 0 Å². The first kappa shape index (κ1) is 19.5. The molecule has 2 saturated heterocycles. The molecule has 0 radical (unpaired) electrons. The maximum absolute atomic E-state index is 13.1. The van der Waals surface area contributed by atoms with E-state index in [9.17, 15) is 14.7 Å². The summed E-state index contributed by atoms with van der Waals surface area (Å²) >= 11 is 0. The summed E-state index contributed by atoms with van der Waals surface area (Å²) in [6.07, 6.45) is 5.40. The molecule has 0 aliphatic carbocycles. The second kappa shape index (κ2) is 7.88. The van der Waals surface area contributed by atoms with E-state index in [1.54, 1.807) is 6.33 Å². The molecule has 2 unspecified atom stereocenters. The zero-order valence-electron chi connectivity index (χ0n) is 16.9. The summed E-state index contributed by atoms with van der Waals surface area (Å²) in [4.78, 5) is 42.0. The van der Waals surface area contributed by atoms with Gasteiger partial charge in [-0.25, -0.2) is 14.8 Å². The molecular weight excluding hydrogens is 372 g/mol. The lowest BCUT2D eigenvalue weighted by atomic mass is 9.92. The minimum atomic E-state index is -0.758. The average molecular weight is 400 g/mol. The number of aromatic nitrogens is 3. The van der Waals surface area contributed by atoms with Crippen LogP contribution in [0.1, 0.15) is 26.2 Å². The van der Waals surface area contributed by atoms with Crippen molar-refractivity contribution in [2.24, 2.45) is 11.8 Å². The first-order valence-corrected chi connectivity index (χ1v) is 10.2. The van der Waals surface area contributed by atoms with Gasteiger partial charge in [0.15, 0.2) is 0 Å². The number of piperidine rings is 2. The molecule has 2 aromatic heterocycles. The largest absolute Gasteiger partial charge is 0.481 e. The van der Waals surface area contributed by atoms with E-state index in [4.69, 9.17) is 0 Å². The van der Waals surface area contributed by atoms with E-state index in [2.05, 4.69) is 26.8 Å². The number of aromatic amines is 1. The van der Waals surface area contributed by atoms with Crippen molar-refractivity contribution in [2.45, 2.75) is 32.2 Å². The van der Waals surface area contributed by atoms with Gasteiger partial charge in [-0.05, 0) is 31.2 Å². The van der Waals surface area contributed by atoms with Crippen molar-refractivity contribution in [1.82, 2.24) is 24.8 Å². The number of carboxylic acid groups (broad SMARTS) is 1. The topological polar surface area (TPSA) is 106 Å². The molecule has 2 amide bonds. The van der Waals surface area contributed by atoms with Gasteiger partial charge in [0.05, 0.1) is 17.3 Å². The van der Waals surface area contributed by atoms with Gasteiger partial charge in [-0.15, -0.1) is 0 Å². The van der Waals surface area contributed by atoms with Crippen LogP contribution in [0.3, 0.4) is 0 Å². The fourth-order valence-corrected chi connectivity index (χ4v) is 4.54. The predicted octanol–water partition coefficient (Wildman–Crippen LogP) is 2.02. The summed E-state index contributed by atoms with van der Waals surface area (Å²) in [5, 5.41) is 10.1. The number of hydrogen-bond donors (Lipinski definition) is 2. The lowest BCUT2D eigenvalue weighted by Crippen LogP contribution is -2.56. The number of rotatable bonds is 3. The van der Waals surface area contributed by atoms with E-state index >= 15 is 0 Å². The number of carbonyl (C=O) groups excluding carboxylic acids is 1. The van der Waals surface area contributed by atoms with E-state index in [1.807, 2.05) is 29.1 Å². The third kappa shape index (κ3) is 3.73. The highest BCUT2D eigenvalue weighted by Crippen LogP contribution is 2.29. The van der Waals surface area contributed by atoms with Gasteiger partial charge >= 0.3 is 12.0 Å². The van der Waals surface area contributed by atoms with Crippen LogP contribution in [0.15, 0.2) is 18.6 Å². The Morgan fingerprint density at radius 1 is 1.17 bits per heavy atom. The number of nitrogens with zero attached hydrogens (tertiary/aromatic N) is 5. The molecule has 9 nitrogen and oxygen atoms in total. The highest BCUT2D eigenvalue weighted by molar-refractivity contribution is 5.87. The average Bonchev–Trinajstić information content (AvgIpc) is 3.22. The summed E-state index contributed by atoms with van der Waals surface area (Å²) in [6.45, 7) is 4.60. The summed E-state index contributed by atoms with van der Waals surface area (Å²) in [5.74, 6) is 0.197. The standard InChI is InChI=1S/C20H28N6O3/c1-13-4-8-26(20(29)25-9-5-14(6-10-25)19(27)28)11-16(13)24(2)18-15-3-7-21-17(15)22-12-23-18/h3,7,12-14,16H,4-6,8-11H2,1-2H3,(H,27,28)(H,21,22,23). The SMILES string of the molecule is CC1CCN(C(=O)N2CCC(C(=O)O)CC2)CC1N(C)c1ncnc2[nH]ccc12. The lowest BCUT2D eigenvalue weighted by Gasteiger charge is -2.44. The Hall–Kier alpha value is -2.84. The monoisotopic (exact) mass is 400 g/mol. The van der Waals surface area contributed by atoms with Gasteiger partial charge < -0.3 is 24.8 Å². The molecule has 29 heavy (non-hydrogen) atoms. The number of hydrogen-bond acceptors (Lipinski definition) is 5. The number of carboxylic acids is 1. The molecule has 0 spiro atoms. The van der Waals surface area contributed by atoms with Crippen LogP contribution in [0.2, 0.25) is 0 Å². The van der Waals surface area contributed by atoms with Gasteiger partial charge in [0.1, 0.15) is 17.8 Å². The molecule has 2 aliphatic heterocycles. The summed E-state index contributed by atoms with van der Waals surface area (Å²) in [6, 6.07) is 2.15. The number of nitrogens with one attached hydrogen (secondary N) is 1. The summed E-state index contributed by atoms with van der Waals surface area (Å²) < 4.78 is 0. The Kier molecular flexibility index (Phi) is 5.29. The Labute approximate surface area is 169 Å². The predicted molar refractivity (Wildman–Crippen MR) is 109 cm³/mol. The highest BCUT2D eigenvalue weighted by atomic mass is 16.4. The molecule has 9 heteroatoms. The van der Waals surface area contributed by atoms with Gasteiger partial charge in [-0.3, -0.25) is 4.79 Å². The minimum Gasteiger partial charge on any atom is -0.481 e. The van der Waals surface area contributed by atoms with Crippen LogP contribution in [-0.2, 0) is 4.79 Å². The molecule has 2 atom stereocenters. The van der Waals surface area contributed by atoms with E-state index in [0.29, 0.717) is 38.4 Å². The van der Waals surface area contributed by atoms with Crippen LogP contribution in [0.5, 0.6) is 0 Å². The molecule has 0 aromatic carbocycles. The van der Waals surface area contributed by atoms with Crippen molar-refractivity contribution in [3.8, 4) is 0 Å². The normalized spacial score (nSPS) is 23.4. The third-order valence-electron chi connectivity index (χ3n) is 6.47. The van der Waals surface area contributed by atoms with Gasteiger partial charge in [0.2, 0.25) is 0 Å². The third-order valence-corrected chi connectivity index (χ3v) is 6.47. The van der Waals surface area contributed by atoms with Crippen molar-refractivity contribution in [3.05, 3.63) is 18.6 Å². The van der Waals surface area contributed by atoms with Crippen molar-refractivity contribution < 1.29 is 14.7 Å². The molecule has 2 aromatic rings. The first-order valence-electron chi connectivity index (χ1n) is 10.2. The van der Waals surface area contributed by atoms with Crippen molar-refractivity contribution in [1.29, 1.82) is 0 Å². The van der Waals surface area contributed by atoms with E-state index in [1.165, 1.54) is 0 Å². The number of anilines is 1. The van der Waals surface area contributed by atoms with Crippen LogP contribution in [0.4, 0.5) is 10.6 Å². The van der Waals surface area contributed by atoms with Crippen molar-refractivity contribution in [3.63, 3.8) is 0 Å². The highest BCUT2D eigenvalue weighted by Gasteiger charge is 2.36. The maximum atomic E-state index is 13.1. The van der Waals surface area contributed by atoms with Crippen LogP contribution in [-0.4, -0.2) is 81.1 Å². The van der Waals surface area contributed by atoms with E-state index in [-0.39, 0.29) is 18.0 Å². The molecule has 4 rings (SSSR count). The first-order chi connectivity index (χ1) is 14.0. The van der Waals surface area contributed by atoms with Gasteiger partial charge in [0, 0.05) is 39.4 Å². The molecule has 2 fully saturated rings. The number of likely N-dealkylation sites (tertiary alicyclic amines) is 2. The molecule has 0 saturated carbocycles. The number of carbonyl (C=O) groups is 2. The molecule has 0 bridgehead atoms. The maximum Gasteiger partial charge on any atom is 0.320 e. The van der Waals surface area contributed by atoms with Crippen LogP contribution in [0, 0.1) is 11.8 Å². The van der Waals surface area contributed by atoms with Crippen molar-refractivity contribution >= 4 is 28.9 Å². The second-order valence-corrected chi connectivity index (χ2v) is 8.21. The van der Waals surface area contributed by atoms with Gasteiger partial charge in [0.25, 0.3) is 0 Å². The fraction of sp³-hybridized carbons (Fsp3) is 0.600. The summed E-state index contributed by atoms with van der Waals surface area (Å²) in [5.41, 5.74) is 0.805. The molecular formula is C20H28N6O3. The zero-order valence-corrected chi connectivity index (χ0v) is 16.9. The minimum absolute atomic E-state index is 0.0219. The number of likely N-dealkylation sites (N-methyl/N-ethyl adjacent to an activating group) is 1. The quantitative estimate of drug-likeness (QED) is 0.817. The Bertz CT molecular complexity index is 891. The number of amides is 2. The second-order valence-electron chi connectivity index (χ2n) is 8.21. The molecule has 4 heterocycles. The van der Waals surface area contributed by atoms with Gasteiger partial charge in [-0.1, -0.05) is 6.92 Å². The zero-order chi connectivity index (χ0) is 20.5. The van der Waals surface area contributed by atoms with Crippen molar-refractivity contribution in [2.75, 3.05) is 38.1 Å². The Morgan fingerprint density at radius 3 is 2.62 bits per heavy atom. The van der Waals surface area contributed by atoms with E-state index < -0.39 is 5.97 Å². The van der Waals surface area contributed by atoms with Crippen LogP contribution in [0.25, 0.3) is 11.0 Å². The molecule has 156 valence electrons. The number of aliphatic carboxylic acids is 1. The Morgan fingerprint density at radius 2 is 1.90 bits per heavy atom. The van der Waals surface area contributed by atoms with Crippen LogP contribution < -0.4 is 4.90 Å². The number of urea groups is 1. The molecule has 2 N–H and O–H groups in total. The Balaban J connectivity index is 1.46. The van der Waals surface area contributed by atoms with E-state index in [0.717, 1.165) is 29.8 Å². The lowest BCUT2D eigenvalue weighted by molar-refractivity contribution is -0.143. The number of fused-ring (bicyclic) bond motifs is 1. The van der Waals surface area contributed by atoms with Crippen LogP contribution >= 0.6 is 0 Å². The number of H-pyrrole nitrogens is 1. The fourth-order valence-electron chi connectivity index (χ4n) is 4.54.